The molecule has 0 aliphatic carbocycles. The summed E-state index contributed by atoms with van der Waals surface area (Å²) in [6, 6.07) is 0. The van der Waals surface area contributed by atoms with E-state index in [2.05, 4.69) is 31.2 Å². The molecule has 1 unspecified atom stereocenters. The zero-order valence-corrected chi connectivity index (χ0v) is 9.77. The van der Waals surface area contributed by atoms with Crippen LogP contribution in [0.1, 0.15) is 17.2 Å². The molecular weight excluding hydrogens is 260 g/mol. The molecule has 80 valence electrons. The fraction of sp³-hybridized carbons (Fsp3) is 0.333. The second-order valence-electron chi connectivity index (χ2n) is 3.37. The van der Waals surface area contributed by atoms with Crippen molar-refractivity contribution < 1.29 is 5.11 Å². The highest BCUT2D eigenvalue weighted by Crippen LogP contribution is 2.21. The van der Waals surface area contributed by atoms with Gasteiger partial charge in [-0.05, 0) is 15.9 Å². The third-order valence-corrected chi connectivity index (χ3v) is 2.84. The number of hydrogen-bond donors (Lipinski definition) is 2. The first-order valence-electron chi connectivity index (χ1n) is 4.51. The molecule has 15 heavy (non-hydrogen) atoms. The van der Waals surface area contributed by atoms with Gasteiger partial charge in [-0.2, -0.15) is 10.2 Å². The first-order chi connectivity index (χ1) is 7.16. The second-order valence-corrected chi connectivity index (χ2v) is 4.12. The van der Waals surface area contributed by atoms with E-state index in [0.717, 1.165) is 15.7 Å². The molecule has 0 aliphatic heterocycles. The minimum Gasteiger partial charge on any atom is -0.388 e. The van der Waals surface area contributed by atoms with Gasteiger partial charge >= 0.3 is 0 Å². The summed E-state index contributed by atoms with van der Waals surface area (Å²) in [7, 11) is 1.85. The number of halogens is 1. The fourth-order valence-electron chi connectivity index (χ4n) is 1.42. The van der Waals surface area contributed by atoms with E-state index < -0.39 is 6.10 Å². The van der Waals surface area contributed by atoms with Crippen LogP contribution >= 0.6 is 15.9 Å². The standard InChI is InChI=1S/C9H11BrN4O/c1-14-5-6(9(10)13-14)2-8(15)7-3-11-12-4-7/h3-5,8,15H,2H2,1H3,(H,11,12). The lowest BCUT2D eigenvalue weighted by atomic mass is 10.1. The van der Waals surface area contributed by atoms with Gasteiger partial charge in [0.15, 0.2) is 0 Å². The Hall–Kier alpha value is -1.14. The largest absolute Gasteiger partial charge is 0.388 e. The number of hydrogen-bond acceptors (Lipinski definition) is 3. The van der Waals surface area contributed by atoms with Crippen LogP contribution in [0.4, 0.5) is 0 Å². The van der Waals surface area contributed by atoms with Crippen molar-refractivity contribution in [2.75, 3.05) is 0 Å². The lowest BCUT2D eigenvalue weighted by Gasteiger charge is -2.05. The Morgan fingerprint density at radius 3 is 3.00 bits per heavy atom. The molecule has 2 heterocycles. The summed E-state index contributed by atoms with van der Waals surface area (Å²) in [4.78, 5) is 0. The highest BCUT2D eigenvalue weighted by molar-refractivity contribution is 9.10. The first kappa shape index (κ1) is 10.4. The number of aromatic amines is 1. The zero-order valence-electron chi connectivity index (χ0n) is 8.18. The topological polar surface area (TPSA) is 66.7 Å². The molecule has 0 fully saturated rings. The van der Waals surface area contributed by atoms with Crippen molar-refractivity contribution in [1.29, 1.82) is 0 Å². The number of rotatable bonds is 3. The quantitative estimate of drug-likeness (QED) is 0.881. The smallest absolute Gasteiger partial charge is 0.131 e. The Balaban J connectivity index is 2.12. The van der Waals surface area contributed by atoms with E-state index in [9.17, 15) is 5.11 Å². The Kier molecular flexibility index (Phi) is 2.88. The average Bonchev–Trinajstić information content (AvgIpc) is 2.76. The van der Waals surface area contributed by atoms with Crippen molar-refractivity contribution in [1.82, 2.24) is 20.0 Å². The minimum absolute atomic E-state index is 0.522. The normalized spacial score (nSPS) is 13.0. The Morgan fingerprint density at radius 1 is 1.67 bits per heavy atom. The number of aryl methyl sites for hydroxylation is 1. The Morgan fingerprint density at radius 2 is 2.47 bits per heavy atom. The molecule has 0 aromatic carbocycles. The zero-order chi connectivity index (χ0) is 10.8. The van der Waals surface area contributed by atoms with Crippen LogP contribution in [-0.4, -0.2) is 25.1 Å². The number of H-pyrrole nitrogens is 1. The number of aliphatic hydroxyl groups is 1. The van der Waals surface area contributed by atoms with Crippen molar-refractivity contribution in [3.05, 3.63) is 34.3 Å². The molecule has 0 radical (unpaired) electrons. The lowest BCUT2D eigenvalue weighted by molar-refractivity contribution is 0.178. The Bertz CT molecular complexity index is 437. The molecule has 6 heteroatoms. The molecule has 0 spiro atoms. The summed E-state index contributed by atoms with van der Waals surface area (Å²) in [5.74, 6) is 0. The van der Waals surface area contributed by atoms with Gasteiger partial charge in [-0.15, -0.1) is 0 Å². The van der Waals surface area contributed by atoms with Crippen LogP contribution in [0.3, 0.4) is 0 Å². The fourth-order valence-corrected chi connectivity index (χ4v) is 1.93. The van der Waals surface area contributed by atoms with E-state index in [0.29, 0.717) is 6.42 Å². The molecule has 2 N–H and O–H groups in total. The van der Waals surface area contributed by atoms with Crippen LogP contribution in [0.5, 0.6) is 0 Å². The van der Waals surface area contributed by atoms with Crippen molar-refractivity contribution in [2.45, 2.75) is 12.5 Å². The average molecular weight is 271 g/mol. The summed E-state index contributed by atoms with van der Waals surface area (Å²) < 4.78 is 2.48. The lowest BCUT2D eigenvalue weighted by Crippen LogP contribution is -2.00. The molecule has 1 atom stereocenters. The molecule has 2 aromatic heterocycles. The van der Waals surface area contributed by atoms with Gasteiger partial charge in [0, 0.05) is 37.0 Å². The van der Waals surface area contributed by atoms with Crippen molar-refractivity contribution in [2.24, 2.45) is 7.05 Å². The van der Waals surface area contributed by atoms with Crippen LogP contribution < -0.4 is 0 Å². The molecule has 2 aromatic rings. The second kappa shape index (κ2) is 4.16. The van der Waals surface area contributed by atoms with E-state index in [1.165, 1.54) is 0 Å². The van der Waals surface area contributed by atoms with Gasteiger partial charge in [0.05, 0.1) is 12.3 Å². The first-order valence-corrected chi connectivity index (χ1v) is 5.31. The monoisotopic (exact) mass is 270 g/mol. The van der Waals surface area contributed by atoms with Crippen LogP contribution in [0.2, 0.25) is 0 Å². The third kappa shape index (κ3) is 2.27. The number of aromatic nitrogens is 4. The van der Waals surface area contributed by atoms with Gasteiger partial charge in [0.25, 0.3) is 0 Å². The van der Waals surface area contributed by atoms with Gasteiger partial charge in [-0.3, -0.25) is 9.78 Å². The van der Waals surface area contributed by atoms with Crippen LogP contribution in [-0.2, 0) is 13.5 Å². The van der Waals surface area contributed by atoms with Gasteiger partial charge in [0.2, 0.25) is 0 Å². The van der Waals surface area contributed by atoms with Crippen LogP contribution in [0.25, 0.3) is 0 Å². The van der Waals surface area contributed by atoms with Crippen molar-refractivity contribution in [3.8, 4) is 0 Å². The predicted molar refractivity (Wildman–Crippen MR) is 58.2 cm³/mol. The van der Waals surface area contributed by atoms with Gasteiger partial charge in [0.1, 0.15) is 4.60 Å². The number of nitrogens with one attached hydrogen (secondary N) is 1. The summed E-state index contributed by atoms with van der Waals surface area (Å²) in [5, 5.41) is 20.5. The molecule has 5 nitrogen and oxygen atoms in total. The van der Waals surface area contributed by atoms with Crippen molar-refractivity contribution >= 4 is 15.9 Å². The van der Waals surface area contributed by atoms with Gasteiger partial charge in [-0.1, -0.05) is 0 Å². The molecular formula is C9H11BrN4O. The maximum Gasteiger partial charge on any atom is 0.131 e. The molecule has 0 amide bonds. The maximum atomic E-state index is 9.88. The minimum atomic E-state index is -0.552. The highest BCUT2D eigenvalue weighted by atomic mass is 79.9. The summed E-state index contributed by atoms with van der Waals surface area (Å²) in [5.41, 5.74) is 1.76. The summed E-state index contributed by atoms with van der Waals surface area (Å²) >= 11 is 3.34. The molecule has 0 bridgehead atoms. The van der Waals surface area contributed by atoms with E-state index in [1.807, 2.05) is 13.2 Å². The van der Waals surface area contributed by atoms with E-state index in [1.54, 1.807) is 17.1 Å². The van der Waals surface area contributed by atoms with E-state index in [4.69, 9.17) is 0 Å². The SMILES string of the molecule is Cn1cc(CC(O)c2cn[nH]c2)c(Br)n1. The molecule has 2 rings (SSSR count). The van der Waals surface area contributed by atoms with E-state index in [-0.39, 0.29) is 0 Å². The predicted octanol–water partition coefficient (Wildman–Crippen LogP) is 1.18. The highest BCUT2D eigenvalue weighted by Gasteiger charge is 2.13. The van der Waals surface area contributed by atoms with Crippen LogP contribution in [0.15, 0.2) is 23.2 Å². The molecule has 0 aliphatic rings. The van der Waals surface area contributed by atoms with Gasteiger partial charge in [-0.25, -0.2) is 0 Å². The Labute approximate surface area is 95.2 Å². The summed E-state index contributed by atoms with van der Waals surface area (Å²) in [6.07, 6.45) is 5.16. The molecule has 0 saturated carbocycles. The number of aliphatic hydroxyl groups excluding tert-OH is 1. The number of nitrogens with zero attached hydrogens (tertiary/aromatic N) is 3. The maximum absolute atomic E-state index is 9.88. The van der Waals surface area contributed by atoms with Gasteiger partial charge < -0.3 is 5.11 Å². The third-order valence-electron chi connectivity index (χ3n) is 2.17. The summed E-state index contributed by atoms with van der Waals surface area (Å²) in [6.45, 7) is 0. The van der Waals surface area contributed by atoms with Crippen molar-refractivity contribution in [3.63, 3.8) is 0 Å². The van der Waals surface area contributed by atoms with E-state index >= 15 is 0 Å². The molecule has 0 saturated heterocycles. The van der Waals surface area contributed by atoms with Crippen LogP contribution in [0, 0.1) is 0 Å².